The summed E-state index contributed by atoms with van der Waals surface area (Å²) in [5.74, 6) is 0.804. The van der Waals surface area contributed by atoms with Crippen LogP contribution >= 0.6 is 0 Å². The fourth-order valence-electron chi connectivity index (χ4n) is 2.79. The van der Waals surface area contributed by atoms with E-state index >= 15 is 0 Å². The Morgan fingerprint density at radius 2 is 1.70 bits per heavy atom. The van der Waals surface area contributed by atoms with Gasteiger partial charge in [0.2, 0.25) is 0 Å². The molecule has 2 heteroatoms. The van der Waals surface area contributed by atoms with Crippen molar-refractivity contribution in [2.45, 2.75) is 44.9 Å². The maximum atomic E-state index is 5.71. The van der Waals surface area contributed by atoms with Crippen LogP contribution in [0.1, 0.15) is 44.1 Å². The largest absolute Gasteiger partial charge is 0.379 e. The van der Waals surface area contributed by atoms with Gasteiger partial charge in [-0.25, -0.2) is 0 Å². The van der Waals surface area contributed by atoms with Gasteiger partial charge in [-0.2, -0.15) is 0 Å². The summed E-state index contributed by atoms with van der Waals surface area (Å²) in [5, 5.41) is 0. The molecule has 1 aliphatic carbocycles. The molecule has 111 valence electrons. The standard InChI is InChI=1S/C18H27O2/c1-3-8-17(9-4-1)12-7-13-19-14-15-20-16-18-10-5-2-6-11-18/h3-4,8-9,18H,2,5-7,10-16H2. The molecular formula is C18H27O2. The Morgan fingerprint density at radius 1 is 0.950 bits per heavy atom. The maximum Gasteiger partial charge on any atom is 0.0700 e. The van der Waals surface area contributed by atoms with Gasteiger partial charge in [-0.05, 0) is 43.2 Å². The van der Waals surface area contributed by atoms with Crippen molar-refractivity contribution in [2.24, 2.45) is 5.92 Å². The summed E-state index contributed by atoms with van der Waals surface area (Å²) in [4.78, 5) is 0. The van der Waals surface area contributed by atoms with Crippen molar-refractivity contribution >= 4 is 0 Å². The minimum Gasteiger partial charge on any atom is -0.379 e. The van der Waals surface area contributed by atoms with Crippen LogP contribution in [0, 0.1) is 12.0 Å². The van der Waals surface area contributed by atoms with Crippen molar-refractivity contribution in [1.29, 1.82) is 0 Å². The number of ether oxygens (including phenoxy) is 2. The molecule has 0 unspecified atom stereocenters. The number of aryl methyl sites for hydroxylation is 1. The summed E-state index contributed by atoms with van der Waals surface area (Å²) in [6.07, 6.45) is 9.07. The van der Waals surface area contributed by atoms with E-state index in [-0.39, 0.29) is 0 Å². The van der Waals surface area contributed by atoms with Gasteiger partial charge in [0, 0.05) is 13.2 Å². The smallest absolute Gasteiger partial charge is 0.0700 e. The highest BCUT2D eigenvalue weighted by molar-refractivity contribution is 5.13. The van der Waals surface area contributed by atoms with E-state index < -0.39 is 0 Å². The Bertz CT molecular complexity index is 331. The highest BCUT2D eigenvalue weighted by Crippen LogP contribution is 2.23. The van der Waals surface area contributed by atoms with E-state index in [9.17, 15) is 0 Å². The Labute approximate surface area is 123 Å². The molecule has 0 saturated heterocycles. The van der Waals surface area contributed by atoms with Crippen LogP contribution in [0.5, 0.6) is 0 Å². The number of benzene rings is 1. The van der Waals surface area contributed by atoms with Crippen LogP contribution in [0.4, 0.5) is 0 Å². The van der Waals surface area contributed by atoms with Crippen LogP contribution in [0.3, 0.4) is 0 Å². The highest BCUT2D eigenvalue weighted by atomic mass is 16.5. The lowest BCUT2D eigenvalue weighted by Gasteiger charge is -2.21. The predicted molar refractivity (Wildman–Crippen MR) is 81.8 cm³/mol. The van der Waals surface area contributed by atoms with Crippen molar-refractivity contribution in [3.63, 3.8) is 0 Å². The first-order valence-electron chi connectivity index (χ1n) is 8.05. The van der Waals surface area contributed by atoms with Crippen LogP contribution in [-0.4, -0.2) is 26.4 Å². The van der Waals surface area contributed by atoms with E-state index in [1.807, 2.05) is 12.1 Å². The second-order valence-electron chi connectivity index (χ2n) is 5.70. The lowest BCUT2D eigenvalue weighted by Crippen LogP contribution is -2.15. The van der Waals surface area contributed by atoms with Crippen molar-refractivity contribution in [3.8, 4) is 0 Å². The first-order chi connectivity index (χ1) is 9.95. The second kappa shape index (κ2) is 9.95. The van der Waals surface area contributed by atoms with E-state index in [1.165, 1.54) is 37.7 Å². The molecule has 0 aromatic heterocycles. The molecule has 0 spiro atoms. The third-order valence-corrected chi connectivity index (χ3v) is 3.99. The molecule has 0 N–H and O–H groups in total. The van der Waals surface area contributed by atoms with Gasteiger partial charge in [0.25, 0.3) is 0 Å². The van der Waals surface area contributed by atoms with Crippen LogP contribution in [-0.2, 0) is 15.9 Å². The van der Waals surface area contributed by atoms with Gasteiger partial charge in [-0.1, -0.05) is 43.5 Å². The van der Waals surface area contributed by atoms with Gasteiger partial charge in [-0.3, -0.25) is 0 Å². The monoisotopic (exact) mass is 275 g/mol. The molecule has 20 heavy (non-hydrogen) atoms. The summed E-state index contributed by atoms with van der Waals surface area (Å²) in [7, 11) is 0. The summed E-state index contributed by atoms with van der Waals surface area (Å²) >= 11 is 0. The van der Waals surface area contributed by atoms with Gasteiger partial charge >= 0.3 is 0 Å². The molecule has 2 nitrogen and oxygen atoms in total. The molecule has 0 amide bonds. The normalized spacial score (nSPS) is 16.4. The summed E-state index contributed by atoms with van der Waals surface area (Å²) in [5.41, 5.74) is 1.36. The van der Waals surface area contributed by atoms with Gasteiger partial charge in [-0.15, -0.1) is 0 Å². The van der Waals surface area contributed by atoms with E-state index in [0.29, 0.717) is 0 Å². The molecular weight excluding hydrogens is 248 g/mol. The number of rotatable bonds is 9. The van der Waals surface area contributed by atoms with Crippen LogP contribution < -0.4 is 0 Å². The molecule has 1 radical (unpaired) electrons. The fraction of sp³-hybridized carbons (Fsp3) is 0.667. The molecule has 1 aromatic rings. The lowest BCUT2D eigenvalue weighted by atomic mass is 9.90. The van der Waals surface area contributed by atoms with Crippen molar-refractivity contribution in [3.05, 3.63) is 35.9 Å². The molecule has 0 atom stereocenters. The SMILES string of the molecule is [c]1ccc(CCCOCCOCC2CCCCC2)cc1. The first kappa shape index (κ1) is 15.5. The van der Waals surface area contributed by atoms with E-state index in [4.69, 9.17) is 9.47 Å². The quantitative estimate of drug-likeness (QED) is 0.633. The molecule has 1 fully saturated rings. The van der Waals surface area contributed by atoms with Gasteiger partial charge < -0.3 is 9.47 Å². The topological polar surface area (TPSA) is 18.5 Å². The number of hydrogen-bond acceptors (Lipinski definition) is 2. The molecule has 2 rings (SSSR count). The molecule has 0 aliphatic heterocycles. The van der Waals surface area contributed by atoms with Crippen molar-refractivity contribution in [1.82, 2.24) is 0 Å². The Kier molecular flexibility index (Phi) is 7.73. The maximum absolute atomic E-state index is 5.71. The van der Waals surface area contributed by atoms with Crippen LogP contribution in [0.2, 0.25) is 0 Å². The molecule has 1 aliphatic rings. The minimum atomic E-state index is 0.731. The van der Waals surface area contributed by atoms with E-state index in [1.54, 1.807) is 0 Å². The summed E-state index contributed by atoms with van der Waals surface area (Å²) in [6, 6.07) is 11.2. The van der Waals surface area contributed by atoms with E-state index in [2.05, 4.69) is 18.2 Å². The average Bonchev–Trinajstić information content (AvgIpc) is 2.52. The minimum absolute atomic E-state index is 0.731. The first-order valence-corrected chi connectivity index (χ1v) is 8.05. The van der Waals surface area contributed by atoms with Crippen LogP contribution in [0.15, 0.2) is 24.3 Å². The average molecular weight is 275 g/mol. The third-order valence-electron chi connectivity index (χ3n) is 3.99. The zero-order valence-corrected chi connectivity index (χ0v) is 12.5. The van der Waals surface area contributed by atoms with Crippen LogP contribution in [0.25, 0.3) is 0 Å². The lowest BCUT2D eigenvalue weighted by molar-refractivity contribution is 0.0272. The summed E-state index contributed by atoms with van der Waals surface area (Å²) in [6.45, 7) is 3.24. The number of hydrogen-bond donors (Lipinski definition) is 0. The van der Waals surface area contributed by atoms with Gasteiger partial charge in [0.05, 0.1) is 13.2 Å². The van der Waals surface area contributed by atoms with Crippen molar-refractivity contribution < 1.29 is 9.47 Å². The fourth-order valence-corrected chi connectivity index (χ4v) is 2.79. The van der Waals surface area contributed by atoms with Crippen molar-refractivity contribution in [2.75, 3.05) is 26.4 Å². The molecule has 1 aromatic carbocycles. The predicted octanol–water partition coefficient (Wildman–Crippen LogP) is 4.03. The van der Waals surface area contributed by atoms with Gasteiger partial charge in [0.15, 0.2) is 0 Å². The molecule has 0 bridgehead atoms. The Morgan fingerprint density at radius 3 is 2.50 bits per heavy atom. The van der Waals surface area contributed by atoms with E-state index in [0.717, 1.165) is 45.2 Å². The van der Waals surface area contributed by atoms with Gasteiger partial charge in [0.1, 0.15) is 0 Å². The zero-order valence-electron chi connectivity index (χ0n) is 12.5. The Balaban J connectivity index is 1.38. The second-order valence-corrected chi connectivity index (χ2v) is 5.70. The molecule has 1 saturated carbocycles. The Hall–Kier alpha value is -0.860. The zero-order chi connectivity index (χ0) is 13.9. The summed E-state index contributed by atoms with van der Waals surface area (Å²) < 4.78 is 11.3. The highest BCUT2D eigenvalue weighted by Gasteiger charge is 2.12. The molecule has 0 heterocycles. The third kappa shape index (κ3) is 6.53.